The molecule has 4 saturated carbocycles. The van der Waals surface area contributed by atoms with Crippen LogP contribution in [0, 0.1) is 23.7 Å². The summed E-state index contributed by atoms with van der Waals surface area (Å²) in [6.45, 7) is 0.840. The van der Waals surface area contributed by atoms with Gasteiger partial charge in [0.2, 0.25) is 0 Å². The molecule has 0 aromatic rings. The monoisotopic (exact) mass is 264 g/mol. The number of carbonyl (C=O) groups excluding carboxylic acids is 1. The largest absolute Gasteiger partial charge is 0.367 e. The van der Waals surface area contributed by atoms with E-state index in [1.165, 1.54) is 32.1 Å². The molecule has 3 N–H and O–H groups in total. The highest BCUT2D eigenvalue weighted by Crippen LogP contribution is 2.56. The van der Waals surface area contributed by atoms with Crippen molar-refractivity contribution in [2.75, 3.05) is 6.54 Å². The molecule has 0 spiro atoms. The second kappa shape index (κ2) is 3.95. The lowest BCUT2D eigenvalue weighted by atomic mass is 9.53. The van der Waals surface area contributed by atoms with Gasteiger partial charge in [-0.15, -0.1) is 0 Å². The van der Waals surface area contributed by atoms with Crippen molar-refractivity contribution in [3.63, 3.8) is 0 Å². The first-order chi connectivity index (χ1) is 9.08. The van der Waals surface area contributed by atoms with Crippen LogP contribution in [0.1, 0.15) is 44.9 Å². The van der Waals surface area contributed by atoms with E-state index in [-0.39, 0.29) is 0 Å². The summed E-state index contributed by atoms with van der Waals surface area (Å²) >= 11 is 0. The van der Waals surface area contributed by atoms with E-state index in [9.17, 15) is 9.90 Å². The molecule has 1 heterocycles. The van der Waals surface area contributed by atoms with Gasteiger partial charge in [0, 0.05) is 19.0 Å². The van der Waals surface area contributed by atoms with Crippen molar-refractivity contribution in [1.82, 2.24) is 4.90 Å². The quantitative estimate of drug-likeness (QED) is 0.784. The minimum absolute atomic E-state index is 0.410. The molecule has 1 amide bonds. The highest BCUT2D eigenvalue weighted by atomic mass is 16.3. The zero-order chi connectivity index (χ0) is 13.2. The molecule has 5 rings (SSSR count). The van der Waals surface area contributed by atoms with E-state index in [0.717, 1.165) is 24.8 Å². The summed E-state index contributed by atoms with van der Waals surface area (Å²) in [5.74, 6) is 2.69. The maximum Gasteiger partial charge on any atom is 0.264 e. The van der Waals surface area contributed by atoms with Gasteiger partial charge in [-0.05, 0) is 62.2 Å². The van der Waals surface area contributed by atoms with Gasteiger partial charge in [0.05, 0.1) is 0 Å². The lowest BCUT2D eigenvalue weighted by Gasteiger charge is -2.58. The Morgan fingerprint density at radius 3 is 2.21 bits per heavy atom. The van der Waals surface area contributed by atoms with E-state index in [0.29, 0.717) is 24.3 Å². The zero-order valence-corrected chi connectivity index (χ0v) is 11.4. The second-order valence-electron chi connectivity index (χ2n) is 7.40. The van der Waals surface area contributed by atoms with Crippen molar-refractivity contribution in [2.45, 2.75) is 56.7 Å². The fourth-order valence-electron chi connectivity index (χ4n) is 5.89. The normalized spacial score (nSPS) is 52.8. The number of carbonyl (C=O) groups is 1. The van der Waals surface area contributed by atoms with Crippen LogP contribution in [-0.2, 0) is 4.79 Å². The number of amides is 1. The van der Waals surface area contributed by atoms with Gasteiger partial charge < -0.3 is 10.8 Å². The number of nitrogens with zero attached hydrogens (tertiary/aromatic N) is 1. The fourth-order valence-corrected chi connectivity index (χ4v) is 5.89. The predicted molar refractivity (Wildman–Crippen MR) is 70.9 cm³/mol. The molecule has 5 fully saturated rings. The van der Waals surface area contributed by atoms with Gasteiger partial charge in [0.15, 0.2) is 5.72 Å². The first-order valence-corrected chi connectivity index (χ1v) is 7.87. The first-order valence-electron chi connectivity index (χ1n) is 7.87. The number of primary amides is 1. The molecule has 0 unspecified atom stereocenters. The Balaban J connectivity index is 1.64. The Morgan fingerprint density at radius 2 is 1.68 bits per heavy atom. The minimum Gasteiger partial charge on any atom is -0.367 e. The summed E-state index contributed by atoms with van der Waals surface area (Å²) in [6, 6.07) is 0.410. The van der Waals surface area contributed by atoms with Crippen molar-refractivity contribution >= 4 is 5.91 Å². The van der Waals surface area contributed by atoms with Gasteiger partial charge >= 0.3 is 0 Å². The van der Waals surface area contributed by atoms with Crippen LogP contribution in [0.3, 0.4) is 0 Å². The number of aliphatic hydroxyl groups is 1. The molecule has 1 atom stereocenters. The van der Waals surface area contributed by atoms with Crippen molar-refractivity contribution < 1.29 is 9.90 Å². The van der Waals surface area contributed by atoms with Gasteiger partial charge in [-0.25, -0.2) is 0 Å². The van der Waals surface area contributed by atoms with Crippen LogP contribution in [0.4, 0.5) is 0 Å². The molecule has 0 aromatic heterocycles. The van der Waals surface area contributed by atoms with E-state index in [4.69, 9.17) is 5.73 Å². The zero-order valence-electron chi connectivity index (χ0n) is 11.4. The second-order valence-corrected chi connectivity index (χ2v) is 7.40. The lowest BCUT2D eigenvalue weighted by molar-refractivity contribution is -0.176. The molecule has 4 heteroatoms. The standard InChI is InChI=1S/C15H24N2O2/c16-14(18)15(19)2-1-3-17(15)13-11-5-9-4-10(7-11)8-12(13)6-9/h9-13,19H,1-8H2,(H2,16,18)/t9?,10?,11?,12?,13?,15-/m0/s1. The summed E-state index contributed by atoms with van der Waals surface area (Å²) in [7, 11) is 0. The molecular weight excluding hydrogens is 240 g/mol. The maximum atomic E-state index is 11.7. The first kappa shape index (κ1) is 12.2. The van der Waals surface area contributed by atoms with Crippen LogP contribution in [0.25, 0.3) is 0 Å². The Kier molecular flexibility index (Phi) is 2.53. The molecule has 4 aliphatic carbocycles. The van der Waals surface area contributed by atoms with Crippen LogP contribution in [0.15, 0.2) is 0 Å². The SMILES string of the molecule is NC(=O)[C@@]1(O)CCCN1C1C2CC3CC(C2)CC1C3. The van der Waals surface area contributed by atoms with Crippen LogP contribution in [-0.4, -0.2) is 34.2 Å². The summed E-state index contributed by atoms with van der Waals surface area (Å²) < 4.78 is 0. The highest BCUT2D eigenvalue weighted by Gasteiger charge is 2.56. The lowest BCUT2D eigenvalue weighted by Crippen LogP contribution is -2.64. The van der Waals surface area contributed by atoms with E-state index >= 15 is 0 Å². The summed E-state index contributed by atoms with van der Waals surface area (Å²) in [4.78, 5) is 13.8. The predicted octanol–water partition coefficient (Wildman–Crippen LogP) is 1.08. The number of rotatable bonds is 2. The average molecular weight is 264 g/mol. The molecule has 4 nitrogen and oxygen atoms in total. The van der Waals surface area contributed by atoms with E-state index in [1.807, 2.05) is 0 Å². The summed E-state index contributed by atoms with van der Waals surface area (Å²) in [5.41, 5.74) is 4.12. The third kappa shape index (κ3) is 1.62. The molecule has 5 aliphatic rings. The molecular formula is C15H24N2O2. The van der Waals surface area contributed by atoms with E-state index in [2.05, 4.69) is 4.90 Å². The van der Waals surface area contributed by atoms with E-state index < -0.39 is 11.6 Å². The Hall–Kier alpha value is -0.610. The summed E-state index contributed by atoms with van der Waals surface area (Å²) in [6.07, 6.45) is 8.07. The Morgan fingerprint density at radius 1 is 1.11 bits per heavy atom. The Labute approximate surface area is 114 Å². The van der Waals surface area contributed by atoms with Gasteiger partial charge in [0.1, 0.15) is 0 Å². The topological polar surface area (TPSA) is 66.6 Å². The third-order valence-electron chi connectivity index (χ3n) is 6.33. The minimum atomic E-state index is -1.36. The van der Waals surface area contributed by atoms with Crippen LogP contribution in [0.5, 0.6) is 0 Å². The van der Waals surface area contributed by atoms with Crippen molar-refractivity contribution in [3.05, 3.63) is 0 Å². The highest BCUT2D eigenvalue weighted by molar-refractivity contribution is 5.83. The molecule has 4 bridgehead atoms. The van der Waals surface area contributed by atoms with Crippen molar-refractivity contribution in [1.29, 1.82) is 0 Å². The number of nitrogens with two attached hydrogens (primary N) is 1. The number of likely N-dealkylation sites (tertiary alicyclic amines) is 1. The van der Waals surface area contributed by atoms with Crippen molar-refractivity contribution in [3.8, 4) is 0 Å². The van der Waals surface area contributed by atoms with Gasteiger partial charge in [-0.3, -0.25) is 9.69 Å². The molecule has 1 aliphatic heterocycles. The average Bonchev–Trinajstić information content (AvgIpc) is 2.72. The molecule has 0 radical (unpaired) electrons. The van der Waals surface area contributed by atoms with Crippen LogP contribution < -0.4 is 5.73 Å². The van der Waals surface area contributed by atoms with Crippen LogP contribution in [0.2, 0.25) is 0 Å². The molecule has 0 aromatic carbocycles. The fraction of sp³-hybridized carbons (Fsp3) is 0.933. The van der Waals surface area contributed by atoms with Crippen molar-refractivity contribution in [2.24, 2.45) is 29.4 Å². The van der Waals surface area contributed by atoms with Gasteiger partial charge in [0.25, 0.3) is 5.91 Å². The van der Waals surface area contributed by atoms with E-state index in [1.54, 1.807) is 0 Å². The molecule has 19 heavy (non-hydrogen) atoms. The number of hydrogen-bond donors (Lipinski definition) is 2. The smallest absolute Gasteiger partial charge is 0.264 e. The van der Waals surface area contributed by atoms with Gasteiger partial charge in [-0.1, -0.05) is 0 Å². The third-order valence-corrected chi connectivity index (χ3v) is 6.33. The molecule has 1 saturated heterocycles. The Bertz CT molecular complexity index is 383. The summed E-state index contributed by atoms with van der Waals surface area (Å²) in [5, 5.41) is 10.7. The van der Waals surface area contributed by atoms with Crippen LogP contribution >= 0.6 is 0 Å². The number of hydrogen-bond acceptors (Lipinski definition) is 3. The molecule has 106 valence electrons. The maximum absolute atomic E-state index is 11.7. The van der Waals surface area contributed by atoms with Gasteiger partial charge in [-0.2, -0.15) is 0 Å².